The average Bonchev–Trinajstić information content (AvgIpc) is 2.99. The number of Topliss-reactive ketones (excluding diaryl/α,β-unsaturated/α-hetero) is 1. The van der Waals surface area contributed by atoms with Crippen LogP contribution < -0.4 is 4.74 Å². The van der Waals surface area contributed by atoms with Gasteiger partial charge in [0.15, 0.2) is 0 Å². The first-order chi connectivity index (χ1) is 12.8. The van der Waals surface area contributed by atoms with E-state index in [2.05, 4.69) is 25.1 Å². The van der Waals surface area contributed by atoms with Crippen molar-refractivity contribution in [2.24, 2.45) is 0 Å². The van der Waals surface area contributed by atoms with Crippen LogP contribution in [0.15, 0.2) is 70.5 Å². The number of fused-ring (bicyclic) bond motifs is 2. The number of carbonyl (C=O) groups excluding carboxylic acids is 1. The lowest BCUT2D eigenvalue weighted by atomic mass is 10.0. The highest BCUT2D eigenvalue weighted by molar-refractivity contribution is 8.04. The molecule has 1 aliphatic heterocycles. The third-order valence-corrected chi connectivity index (χ3v) is 5.64. The minimum Gasteiger partial charge on any atom is -0.493 e. The Labute approximate surface area is 157 Å². The fourth-order valence-corrected chi connectivity index (χ4v) is 4.18. The second-order valence-corrected chi connectivity index (χ2v) is 7.42. The predicted molar refractivity (Wildman–Crippen MR) is 109 cm³/mol. The molecule has 130 valence electrons. The minimum atomic E-state index is 0.0954. The molecule has 0 saturated carbocycles. The number of hydrogen-bond donors (Lipinski definition) is 0. The van der Waals surface area contributed by atoms with Crippen molar-refractivity contribution < 1.29 is 9.53 Å². The van der Waals surface area contributed by atoms with Crippen LogP contribution in [0.2, 0.25) is 0 Å². The quantitative estimate of drug-likeness (QED) is 0.392. The van der Waals surface area contributed by atoms with Crippen molar-refractivity contribution in [1.82, 2.24) is 0 Å². The summed E-state index contributed by atoms with van der Waals surface area (Å²) >= 11 is 1.54. The molecule has 1 heterocycles. The number of ketones is 1. The molecular formula is C23H20O2S. The van der Waals surface area contributed by atoms with E-state index in [1.54, 1.807) is 11.8 Å². The first kappa shape index (κ1) is 16.9. The number of hydrogen-bond acceptors (Lipinski definition) is 3. The lowest BCUT2D eigenvalue weighted by Crippen LogP contribution is -1.99. The topological polar surface area (TPSA) is 26.3 Å². The Morgan fingerprint density at radius 2 is 1.81 bits per heavy atom. The molecule has 3 aromatic rings. The molecule has 1 aliphatic rings. The average molecular weight is 360 g/mol. The number of thioether (sulfide) groups is 1. The summed E-state index contributed by atoms with van der Waals surface area (Å²) in [7, 11) is 0. The fourth-order valence-electron chi connectivity index (χ4n) is 3.14. The summed E-state index contributed by atoms with van der Waals surface area (Å²) in [6.07, 6.45) is 4.10. The van der Waals surface area contributed by atoms with Crippen molar-refractivity contribution in [3.05, 3.63) is 76.7 Å². The van der Waals surface area contributed by atoms with Gasteiger partial charge in [0.2, 0.25) is 5.78 Å². The first-order valence-corrected chi connectivity index (χ1v) is 9.77. The molecule has 0 saturated heterocycles. The lowest BCUT2D eigenvalue weighted by Gasteiger charge is -2.12. The minimum absolute atomic E-state index is 0.0954. The van der Waals surface area contributed by atoms with Gasteiger partial charge in [-0.3, -0.25) is 4.79 Å². The van der Waals surface area contributed by atoms with Crippen LogP contribution in [0.1, 0.15) is 35.7 Å². The maximum absolute atomic E-state index is 12.8. The maximum atomic E-state index is 12.8. The summed E-state index contributed by atoms with van der Waals surface area (Å²) < 4.78 is 6.04. The Bertz CT molecular complexity index is 1000. The standard InChI is InChI=1S/C23H20O2S/c1-2-3-14-25-20-13-12-16-8-4-5-9-17(16)19(20)15-22-23(24)18-10-6-7-11-21(18)26-22/h4-13,15H,2-3,14H2,1H3/b22-15+. The number of carbonyl (C=O) groups is 1. The molecule has 0 bridgehead atoms. The number of allylic oxidation sites excluding steroid dienone is 1. The fraction of sp³-hybridized carbons (Fsp3) is 0.174. The molecule has 3 aromatic carbocycles. The van der Waals surface area contributed by atoms with Gasteiger partial charge in [-0.1, -0.05) is 67.6 Å². The van der Waals surface area contributed by atoms with E-state index in [9.17, 15) is 4.79 Å². The van der Waals surface area contributed by atoms with Crippen LogP contribution in [-0.2, 0) is 0 Å². The van der Waals surface area contributed by atoms with Crippen LogP contribution in [0.3, 0.4) is 0 Å². The normalized spacial score (nSPS) is 14.8. The molecule has 0 aromatic heterocycles. The van der Waals surface area contributed by atoms with Crippen molar-refractivity contribution in [1.29, 1.82) is 0 Å². The number of ether oxygens (including phenoxy) is 1. The Morgan fingerprint density at radius 1 is 1.00 bits per heavy atom. The zero-order valence-corrected chi connectivity index (χ0v) is 15.5. The molecule has 0 atom stereocenters. The Hall–Kier alpha value is -2.52. The monoisotopic (exact) mass is 360 g/mol. The Kier molecular flexibility index (Phi) is 4.81. The van der Waals surface area contributed by atoms with Crippen LogP contribution in [0, 0.1) is 0 Å². The van der Waals surface area contributed by atoms with E-state index in [1.165, 1.54) is 0 Å². The predicted octanol–water partition coefficient (Wildman–Crippen LogP) is 6.35. The molecule has 0 spiro atoms. The number of unbranched alkanes of at least 4 members (excludes halogenated alkanes) is 1. The van der Waals surface area contributed by atoms with Gasteiger partial charge in [-0.05, 0) is 41.5 Å². The summed E-state index contributed by atoms with van der Waals surface area (Å²) in [6, 6.07) is 20.1. The van der Waals surface area contributed by atoms with Gasteiger partial charge in [-0.15, -0.1) is 0 Å². The van der Waals surface area contributed by atoms with Crippen molar-refractivity contribution >= 4 is 34.4 Å². The van der Waals surface area contributed by atoms with Gasteiger partial charge < -0.3 is 4.74 Å². The summed E-state index contributed by atoms with van der Waals surface area (Å²) in [5.74, 6) is 0.937. The highest BCUT2D eigenvalue weighted by atomic mass is 32.2. The molecule has 4 rings (SSSR count). The maximum Gasteiger partial charge on any atom is 0.200 e. The van der Waals surface area contributed by atoms with Gasteiger partial charge in [-0.25, -0.2) is 0 Å². The van der Waals surface area contributed by atoms with E-state index < -0.39 is 0 Å². The lowest BCUT2D eigenvalue weighted by molar-refractivity contribution is 0.104. The van der Waals surface area contributed by atoms with E-state index in [-0.39, 0.29) is 5.78 Å². The molecule has 0 unspecified atom stereocenters. The van der Waals surface area contributed by atoms with Crippen LogP contribution >= 0.6 is 11.8 Å². The molecular weight excluding hydrogens is 340 g/mol. The van der Waals surface area contributed by atoms with Gasteiger partial charge in [0, 0.05) is 16.0 Å². The molecule has 0 amide bonds. The molecule has 0 radical (unpaired) electrons. The number of rotatable bonds is 5. The second-order valence-electron chi connectivity index (χ2n) is 6.34. The molecule has 2 nitrogen and oxygen atoms in total. The molecule has 3 heteroatoms. The third kappa shape index (κ3) is 3.15. The largest absolute Gasteiger partial charge is 0.493 e. The van der Waals surface area contributed by atoms with Crippen molar-refractivity contribution in [3.63, 3.8) is 0 Å². The van der Waals surface area contributed by atoms with E-state index in [1.807, 2.05) is 48.5 Å². The molecule has 0 fully saturated rings. The van der Waals surface area contributed by atoms with Crippen LogP contribution in [-0.4, -0.2) is 12.4 Å². The SMILES string of the molecule is CCCCOc1ccc2ccccc2c1/C=C1/Sc2ccccc2C1=O. The zero-order chi connectivity index (χ0) is 17.9. The molecule has 0 N–H and O–H groups in total. The van der Waals surface area contributed by atoms with Crippen molar-refractivity contribution in [3.8, 4) is 5.75 Å². The van der Waals surface area contributed by atoms with Gasteiger partial charge in [-0.2, -0.15) is 0 Å². The summed E-state index contributed by atoms with van der Waals surface area (Å²) in [4.78, 5) is 14.6. The summed E-state index contributed by atoms with van der Waals surface area (Å²) in [6.45, 7) is 2.84. The zero-order valence-electron chi connectivity index (χ0n) is 14.7. The molecule has 0 aliphatic carbocycles. The third-order valence-electron chi connectivity index (χ3n) is 4.54. The van der Waals surface area contributed by atoms with Crippen LogP contribution in [0.5, 0.6) is 5.75 Å². The summed E-state index contributed by atoms with van der Waals surface area (Å²) in [5, 5.41) is 2.26. The smallest absolute Gasteiger partial charge is 0.200 e. The van der Waals surface area contributed by atoms with Crippen LogP contribution in [0.4, 0.5) is 0 Å². The van der Waals surface area contributed by atoms with Crippen LogP contribution in [0.25, 0.3) is 16.8 Å². The van der Waals surface area contributed by atoms with E-state index in [4.69, 9.17) is 4.74 Å². The summed E-state index contributed by atoms with van der Waals surface area (Å²) in [5.41, 5.74) is 1.78. The van der Waals surface area contributed by atoms with E-state index >= 15 is 0 Å². The highest BCUT2D eigenvalue weighted by Crippen LogP contribution is 2.42. The Balaban J connectivity index is 1.80. The second kappa shape index (κ2) is 7.38. The van der Waals surface area contributed by atoms with Crippen molar-refractivity contribution in [2.45, 2.75) is 24.7 Å². The van der Waals surface area contributed by atoms with E-state index in [0.29, 0.717) is 6.61 Å². The molecule has 26 heavy (non-hydrogen) atoms. The van der Waals surface area contributed by atoms with Gasteiger partial charge >= 0.3 is 0 Å². The Morgan fingerprint density at radius 3 is 2.65 bits per heavy atom. The van der Waals surface area contributed by atoms with Gasteiger partial charge in [0.25, 0.3) is 0 Å². The van der Waals surface area contributed by atoms with Crippen molar-refractivity contribution in [2.75, 3.05) is 6.61 Å². The first-order valence-electron chi connectivity index (χ1n) is 8.96. The van der Waals surface area contributed by atoms with E-state index in [0.717, 1.165) is 50.3 Å². The number of benzene rings is 3. The highest BCUT2D eigenvalue weighted by Gasteiger charge is 2.25. The van der Waals surface area contributed by atoms with Gasteiger partial charge in [0.1, 0.15) is 5.75 Å². The van der Waals surface area contributed by atoms with Gasteiger partial charge in [0.05, 0.1) is 11.5 Å².